The van der Waals surface area contributed by atoms with Crippen molar-refractivity contribution in [3.05, 3.63) is 95.5 Å². The number of aliphatic hydroxyl groups is 1. The van der Waals surface area contributed by atoms with Crippen molar-refractivity contribution in [3.63, 3.8) is 0 Å². The smallest absolute Gasteiger partial charge is 0.294 e. The number of para-hydroxylation sites is 1. The van der Waals surface area contributed by atoms with Gasteiger partial charge in [-0.25, -0.2) is 0 Å². The molecule has 1 unspecified atom stereocenters. The maximum Gasteiger partial charge on any atom is 0.294 e. The lowest BCUT2D eigenvalue weighted by molar-refractivity contribution is -0.117. The Kier molecular flexibility index (Phi) is 6.31. The van der Waals surface area contributed by atoms with E-state index in [2.05, 4.69) is 0 Å². The fraction of sp³-hybridized carbons (Fsp3) is 0.172. The van der Waals surface area contributed by atoms with E-state index < -0.39 is 23.5 Å². The van der Waals surface area contributed by atoms with Gasteiger partial charge >= 0.3 is 0 Å². The van der Waals surface area contributed by atoms with Crippen LogP contribution in [0.2, 0.25) is 0 Å². The molecule has 0 aliphatic carbocycles. The van der Waals surface area contributed by atoms with Crippen LogP contribution in [0, 0.1) is 0 Å². The third-order valence-corrected chi connectivity index (χ3v) is 6.23. The zero-order valence-electron chi connectivity index (χ0n) is 20.6. The number of ketones is 1. The second-order valence-electron chi connectivity index (χ2n) is 8.36. The van der Waals surface area contributed by atoms with Crippen molar-refractivity contribution in [1.82, 2.24) is 0 Å². The number of aliphatic hydroxyl groups excluding tert-OH is 1. The molecule has 37 heavy (non-hydrogen) atoms. The number of benzene rings is 3. The molecular weight excluding hydrogens is 474 g/mol. The Labute approximate surface area is 213 Å². The molecule has 0 radical (unpaired) electrons. The molecule has 1 aliphatic rings. The number of amides is 1. The highest BCUT2D eigenvalue weighted by atomic mass is 16.5. The Bertz CT molecular complexity index is 1500. The molecule has 4 aromatic rings. The first-order valence-electron chi connectivity index (χ1n) is 11.7. The van der Waals surface area contributed by atoms with Gasteiger partial charge in [-0.1, -0.05) is 30.3 Å². The molecule has 1 atom stereocenters. The number of carbonyl (C=O) groups is 2. The van der Waals surface area contributed by atoms with Crippen LogP contribution in [0.15, 0.2) is 88.5 Å². The van der Waals surface area contributed by atoms with Crippen molar-refractivity contribution in [2.75, 3.05) is 25.7 Å². The molecule has 8 nitrogen and oxygen atoms in total. The summed E-state index contributed by atoms with van der Waals surface area (Å²) in [5.41, 5.74) is 1.42. The lowest BCUT2D eigenvalue weighted by Crippen LogP contribution is -2.31. The third kappa shape index (κ3) is 4.16. The van der Waals surface area contributed by atoms with Gasteiger partial charge in [0.05, 0.1) is 32.4 Å². The normalized spacial score (nSPS) is 15.4. The number of anilines is 1. The monoisotopic (exact) mass is 499 g/mol. The molecule has 3 aromatic carbocycles. The van der Waals surface area contributed by atoms with Crippen LogP contribution in [0.5, 0.6) is 17.2 Å². The predicted octanol–water partition coefficient (Wildman–Crippen LogP) is 5.63. The Hall–Kier alpha value is -4.72. The number of fused-ring (bicyclic) bond motifs is 1. The largest absolute Gasteiger partial charge is 0.503 e. The fourth-order valence-electron chi connectivity index (χ4n) is 4.56. The fourth-order valence-corrected chi connectivity index (χ4v) is 4.56. The van der Waals surface area contributed by atoms with E-state index in [0.29, 0.717) is 40.7 Å². The Balaban J connectivity index is 1.67. The van der Waals surface area contributed by atoms with Crippen molar-refractivity contribution in [3.8, 4) is 17.2 Å². The number of ether oxygens (including phenoxy) is 3. The second kappa shape index (κ2) is 9.73. The van der Waals surface area contributed by atoms with Gasteiger partial charge in [-0.3, -0.25) is 14.5 Å². The number of Topliss-reactive ketones (excluding diaryl/α,β-unsaturated/α-hetero) is 1. The van der Waals surface area contributed by atoms with E-state index in [9.17, 15) is 14.7 Å². The van der Waals surface area contributed by atoms with Gasteiger partial charge in [0.25, 0.3) is 5.91 Å². The van der Waals surface area contributed by atoms with E-state index in [4.69, 9.17) is 18.6 Å². The van der Waals surface area contributed by atoms with Crippen molar-refractivity contribution < 1.29 is 33.3 Å². The van der Waals surface area contributed by atoms with Crippen molar-refractivity contribution in [2.45, 2.75) is 13.0 Å². The van der Waals surface area contributed by atoms with Crippen molar-refractivity contribution in [1.29, 1.82) is 0 Å². The molecule has 1 N–H and O–H groups in total. The maximum absolute atomic E-state index is 13.8. The van der Waals surface area contributed by atoms with Crippen LogP contribution in [0.3, 0.4) is 0 Å². The molecule has 5 rings (SSSR count). The van der Waals surface area contributed by atoms with E-state index in [1.165, 1.54) is 19.1 Å². The zero-order chi connectivity index (χ0) is 26.1. The summed E-state index contributed by atoms with van der Waals surface area (Å²) in [6.45, 7) is 2.30. The molecule has 188 valence electrons. The average Bonchev–Trinajstić information content (AvgIpc) is 3.47. The van der Waals surface area contributed by atoms with E-state index in [1.54, 1.807) is 60.7 Å². The minimum atomic E-state index is -0.968. The molecule has 1 aromatic heterocycles. The molecule has 0 bridgehead atoms. The second-order valence-corrected chi connectivity index (χ2v) is 8.36. The third-order valence-electron chi connectivity index (χ3n) is 6.23. The molecule has 0 spiro atoms. The topological polar surface area (TPSA) is 98.4 Å². The number of rotatable bonds is 8. The van der Waals surface area contributed by atoms with Gasteiger partial charge in [-0.05, 0) is 48.9 Å². The molecular formula is C29H25NO7. The summed E-state index contributed by atoms with van der Waals surface area (Å²) in [7, 11) is 3.02. The van der Waals surface area contributed by atoms with Gasteiger partial charge in [0, 0.05) is 17.1 Å². The standard InChI is InChI=1S/C29H25NO7/c1-4-36-20-10-7-9-19(16-20)30-26(18-12-13-22(34-2)23(15-18)35-3)25(28(32)29(30)33)27(31)24-14-17-8-5-6-11-21(17)37-24/h5-16,26,32H,4H2,1-3H3. The lowest BCUT2D eigenvalue weighted by Gasteiger charge is -2.27. The highest BCUT2D eigenvalue weighted by molar-refractivity contribution is 6.20. The maximum atomic E-state index is 13.8. The summed E-state index contributed by atoms with van der Waals surface area (Å²) < 4.78 is 22.2. The van der Waals surface area contributed by atoms with Crippen LogP contribution in [-0.4, -0.2) is 37.6 Å². The van der Waals surface area contributed by atoms with Gasteiger partial charge < -0.3 is 23.7 Å². The predicted molar refractivity (Wildman–Crippen MR) is 138 cm³/mol. The van der Waals surface area contributed by atoms with Crippen LogP contribution < -0.4 is 19.1 Å². The number of furan rings is 1. The van der Waals surface area contributed by atoms with E-state index in [0.717, 1.165) is 5.39 Å². The van der Waals surface area contributed by atoms with Crippen molar-refractivity contribution >= 4 is 28.3 Å². The number of hydrogen-bond donors (Lipinski definition) is 1. The zero-order valence-corrected chi connectivity index (χ0v) is 20.6. The molecule has 0 fully saturated rings. The summed E-state index contributed by atoms with van der Waals surface area (Å²) in [4.78, 5) is 28.7. The first-order valence-corrected chi connectivity index (χ1v) is 11.7. The first-order chi connectivity index (χ1) is 18.0. The highest BCUT2D eigenvalue weighted by Crippen LogP contribution is 2.44. The molecule has 2 heterocycles. The Morgan fingerprint density at radius 1 is 0.973 bits per heavy atom. The summed E-state index contributed by atoms with van der Waals surface area (Å²) >= 11 is 0. The summed E-state index contributed by atoms with van der Waals surface area (Å²) in [5.74, 6) is -0.483. The minimum absolute atomic E-state index is 0.0194. The first kappa shape index (κ1) is 24.0. The quantitative estimate of drug-likeness (QED) is 0.314. The van der Waals surface area contributed by atoms with Crippen LogP contribution >= 0.6 is 0 Å². The number of hydrogen-bond acceptors (Lipinski definition) is 7. The van der Waals surface area contributed by atoms with E-state index in [-0.39, 0.29) is 11.3 Å². The summed E-state index contributed by atoms with van der Waals surface area (Å²) in [6.07, 6.45) is 0. The van der Waals surface area contributed by atoms with Gasteiger partial charge in [-0.15, -0.1) is 0 Å². The van der Waals surface area contributed by atoms with Gasteiger partial charge in [0.15, 0.2) is 23.0 Å². The molecule has 0 saturated carbocycles. The van der Waals surface area contributed by atoms with E-state index >= 15 is 0 Å². The van der Waals surface area contributed by atoms with Crippen LogP contribution in [0.4, 0.5) is 5.69 Å². The minimum Gasteiger partial charge on any atom is -0.503 e. The lowest BCUT2D eigenvalue weighted by atomic mass is 9.94. The number of nitrogens with zero attached hydrogens (tertiary/aromatic N) is 1. The van der Waals surface area contributed by atoms with Gasteiger partial charge in [-0.2, -0.15) is 0 Å². The molecule has 8 heteroatoms. The van der Waals surface area contributed by atoms with Crippen LogP contribution in [-0.2, 0) is 4.79 Å². The molecule has 1 amide bonds. The van der Waals surface area contributed by atoms with Crippen LogP contribution in [0.25, 0.3) is 11.0 Å². The molecule has 1 aliphatic heterocycles. The van der Waals surface area contributed by atoms with Gasteiger partial charge in [0.2, 0.25) is 5.78 Å². The molecule has 0 saturated heterocycles. The highest BCUT2D eigenvalue weighted by Gasteiger charge is 2.45. The summed E-state index contributed by atoms with van der Waals surface area (Å²) in [5, 5.41) is 11.8. The van der Waals surface area contributed by atoms with Gasteiger partial charge in [0.1, 0.15) is 11.3 Å². The average molecular weight is 500 g/mol. The SMILES string of the molecule is CCOc1cccc(N2C(=O)C(O)=C(C(=O)c3cc4ccccc4o3)C2c2ccc(OC)c(OC)c2)c1. The van der Waals surface area contributed by atoms with E-state index in [1.807, 2.05) is 19.1 Å². The van der Waals surface area contributed by atoms with Crippen LogP contribution in [0.1, 0.15) is 29.1 Å². The Morgan fingerprint density at radius 3 is 2.49 bits per heavy atom. The number of carbonyl (C=O) groups excluding carboxylic acids is 2. The van der Waals surface area contributed by atoms with Crippen molar-refractivity contribution in [2.24, 2.45) is 0 Å². The Morgan fingerprint density at radius 2 is 1.76 bits per heavy atom. The summed E-state index contributed by atoms with van der Waals surface area (Å²) in [6, 6.07) is 19.9. The number of methoxy groups -OCH3 is 2.